The van der Waals surface area contributed by atoms with Crippen molar-refractivity contribution >= 4 is 6.03 Å². The summed E-state index contributed by atoms with van der Waals surface area (Å²) in [5.74, 6) is 0. The molecule has 0 bridgehead atoms. The van der Waals surface area contributed by atoms with Gasteiger partial charge in [0.1, 0.15) is 0 Å². The average Bonchev–Trinajstić information content (AvgIpc) is 3.37. The summed E-state index contributed by atoms with van der Waals surface area (Å²) in [6, 6.07) is 9.97. The van der Waals surface area contributed by atoms with E-state index in [0.29, 0.717) is 32.6 Å². The topological polar surface area (TPSA) is 35.6 Å². The molecule has 2 amide bonds. The molecule has 138 valence electrons. The van der Waals surface area contributed by atoms with Gasteiger partial charge in [0.15, 0.2) is 0 Å². The van der Waals surface area contributed by atoms with Gasteiger partial charge in [0.2, 0.25) is 0 Å². The van der Waals surface area contributed by atoms with Crippen LogP contribution in [0.25, 0.3) is 0 Å². The van der Waals surface area contributed by atoms with Crippen molar-refractivity contribution in [3.8, 4) is 0 Å². The molecule has 4 nitrogen and oxygen atoms in total. The Bertz CT molecular complexity index is 587. The number of alkyl halides is 3. The van der Waals surface area contributed by atoms with Crippen molar-refractivity contribution in [3.05, 3.63) is 35.9 Å². The van der Waals surface area contributed by atoms with Gasteiger partial charge >= 0.3 is 12.2 Å². The average molecular weight is 355 g/mol. The van der Waals surface area contributed by atoms with Crippen LogP contribution >= 0.6 is 0 Å². The number of benzene rings is 1. The molecule has 1 saturated heterocycles. The van der Waals surface area contributed by atoms with Gasteiger partial charge in [0.05, 0.1) is 6.54 Å². The number of amides is 2. The quantitative estimate of drug-likeness (QED) is 0.901. The van der Waals surface area contributed by atoms with Crippen LogP contribution in [-0.2, 0) is 5.41 Å². The van der Waals surface area contributed by atoms with Gasteiger partial charge in [-0.3, -0.25) is 4.90 Å². The first-order valence-corrected chi connectivity index (χ1v) is 8.75. The number of carbonyl (C=O) groups is 1. The number of hydrogen-bond donors (Lipinski definition) is 1. The van der Waals surface area contributed by atoms with Crippen LogP contribution in [0, 0.1) is 0 Å². The molecule has 2 aliphatic rings. The third-order valence-corrected chi connectivity index (χ3v) is 5.10. The van der Waals surface area contributed by atoms with E-state index in [0.717, 1.165) is 12.8 Å². The third kappa shape index (κ3) is 4.87. The fourth-order valence-corrected chi connectivity index (χ4v) is 3.45. The Hall–Kier alpha value is -1.76. The molecule has 0 atom stereocenters. The van der Waals surface area contributed by atoms with Crippen LogP contribution in [0.4, 0.5) is 18.0 Å². The van der Waals surface area contributed by atoms with Crippen LogP contribution in [0.15, 0.2) is 30.3 Å². The van der Waals surface area contributed by atoms with E-state index in [4.69, 9.17) is 0 Å². The Labute approximate surface area is 146 Å². The maximum absolute atomic E-state index is 12.5. The Morgan fingerprint density at radius 1 is 1.08 bits per heavy atom. The van der Waals surface area contributed by atoms with Crippen LogP contribution in [0.3, 0.4) is 0 Å². The van der Waals surface area contributed by atoms with Gasteiger partial charge < -0.3 is 10.2 Å². The summed E-state index contributed by atoms with van der Waals surface area (Å²) in [7, 11) is 0. The molecular formula is C18H24F3N3O. The van der Waals surface area contributed by atoms with E-state index in [-0.39, 0.29) is 18.0 Å². The number of carbonyl (C=O) groups excluding carboxylic acids is 1. The Balaban J connectivity index is 1.49. The zero-order valence-corrected chi connectivity index (χ0v) is 14.2. The number of hydrogen-bond acceptors (Lipinski definition) is 2. The lowest BCUT2D eigenvalue weighted by atomic mass is 9.96. The molecule has 1 N–H and O–H groups in total. The number of urea groups is 1. The first kappa shape index (κ1) is 18.0. The molecular weight excluding hydrogens is 331 g/mol. The Morgan fingerprint density at radius 2 is 1.80 bits per heavy atom. The lowest BCUT2D eigenvalue weighted by Crippen LogP contribution is -2.45. The Kier molecular flexibility index (Phi) is 5.22. The number of halogens is 3. The van der Waals surface area contributed by atoms with Crippen LogP contribution < -0.4 is 5.32 Å². The predicted molar refractivity (Wildman–Crippen MR) is 89.4 cm³/mol. The molecule has 7 heteroatoms. The molecule has 2 fully saturated rings. The molecule has 1 aliphatic heterocycles. The molecule has 0 unspecified atom stereocenters. The smallest absolute Gasteiger partial charge is 0.337 e. The molecule has 1 aromatic rings. The van der Waals surface area contributed by atoms with Crippen molar-refractivity contribution in [1.29, 1.82) is 0 Å². The monoisotopic (exact) mass is 355 g/mol. The van der Waals surface area contributed by atoms with E-state index in [1.54, 1.807) is 4.90 Å². The number of rotatable bonds is 4. The molecule has 1 aromatic carbocycles. The summed E-state index contributed by atoms with van der Waals surface area (Å²) in [5, 5.41) is 2.99. The van der Waals surface area contributed by atoms with Gasteiger partial charge in [-0.25, -0.2) is 4.79 Å². The highest BCUT2D eigenvalue weighted by atomic mass is 19.4. The molecule has 25 heavy (non-hydrogen) atoms. The maximum atomic E-state index is 12.5. The second kappa shape index (κ2) is 7.23. The highest BCUT2D eigenvalue weighted by molar-refractivity contribution is 5.74. The van der Waals surface area contributed by atoms with Crippen LogP contribution in [0.2, 0.25) is 0 Å². The van der Waals surface area contributed by atoms with E-state index >= 15 is 0 Å². The third-order valence-electron chi connectivity index (χ3n) is 5.10. The van der Waals surface area contributed by atoms with E-state index in [1.165, 1.54) is 10.5 Å². The van der Waals surface area contributed by atoms with Crippen molar-refractivity contribution in [1.82, 2.24) is 15.1 Å². The number of nitrogens with one attached hydrogen (secondary N) is 1. The van der Waals surface area contributed by atoms with E-state index in [1.807, 2.05) is 18.2 Å². The summed E-state index contributed by atoms with van der Waals surface area (Å²) < 4.78 is 37.5. The summed E-state index contributed by atoms with van der Waals surface area (Å²) in [4.78, 5) is 15.4. The first-order valence-electron chi connectivity index (χ1n) is 8.75. The fourth-order valence-electron chi connectivity index (χ4n) is 3.45. The van der Waals surface area contributed by atoms with Crippen LogP contribution in [0.1, 0.15) is 24.8 Å². The molecule has 0 spiro atoms. The highest BCUT2D eigenvalue weighted by Crippen LogP contribution is 2.47. The minimum Gasteiger partial charge on any atom is -0.337 e. The van der Waals surface area contributed by atoms with Gasteiger partial charge in [-0.05, 0) is 24.8 Å². The summed E-state index contributed by atoms with van der Waals surface area (Å²) in [5.41, 5.74) is 1.27. The van der Waals surface area contributed by atoms with Gasteiger partial charge in [-0.2, -0.15) is 13.2 Å². The maximum Gasteiger partial charge on any atom is 0.401 e. The largest absolute Gasteiger partial charge is 0.401 e. The van der Waals surface area contributed by atoms with Gasteiger partial charge in [-0.1, -0.05) is 30.3 Å². The van der Waals surface area contributed by atoms with Crippen LogP contribution in [-0.4, -0.2) is 61.3 Å². The second-order valence-electron chi connectivity index (χ2n) is 7.04. The zero-order chi connectivity index (χ0) is 17.9. The van der Waals surface area contributed by atoms with E-state index in [9.17, 15) is 18.0 Å². The van der Waals surface area contributed by atoms with Crippen molar-refractivity contribution in [2.24, 2.45) is 0 Å². The summed E-state index contributed by atoms with van der Waals surface area (Å²) in [6.07, 6.45) is -1.52. The SMILES string of the molecule is O=C(NCC1(c2ccccc2)CC1)N1CCCN(CC(F)(F)F)CC1. The Morgan fingerprint density at radius 3 is 2.44 bits per heavy atom. The van der Waals surface area contributed by atoms with Crippen LogP contribution in [0.5, 0.6) is 0 Å². The minimum absolute atomic E-state index is 0.0328. The molecule has 1 saturated carbocycles. The van der Waals surface area contributed by atoms with Crippen molar-refractivity contribution in [3.63, 3.8) is 0 Å². The summed E-state index contributed by atoms with van der Waals surface area (Å²) in [6.45, 7) is 1.14. The second-order valence-corrected chi connectivity index (χ2v) is 7.04. The lowest BCUT2D eigenvalue weighted by molar-refractivity contribution is -0.145. The van der Waals surface area contributed by atoms with Crippen molar-refractivity contribution < 1.29 is 18.0 Å². The normalized spacial score (nSPS) is 20.8. The molecule has 1 aliphatic carbocycles. The standard InChI is InChI=1S/C18H24F3N3O/c19-18(20,21)14-23-9-4-10-24(12-11-23)16(25)22-13-17(7-8-17)15-5-2-1-3-6-15/h1-3,5-6H,4,7-14H2,(H,22,25). The lowest BCUT2D eigenvalue weighted by Gasteiger charge is -2.24. The predicted octanol–water partition coefficient (Wildman–Crippen LogP) is 3.00. The molecule has 0 radical (unpaired) electrons. The van der Waals surface area contributed by atoms with Crippen molar-refractivity contribution in [2.45, 2.75) is 30.9 Å². The van der Waals surface area contributed by atoms with Crippen molar-refractivity contribution in [2.75, 3.05) is 39.3 Å². The minimum atomic E-state index is -4.19. The fraction of sp³-hybridized carbons (Fsp3) is 0.611. The zero-order valence-electron chi connectivity index (χ0n) is 14.2. The number of nitrogens with zero attached hydrogens (tertiary/aromatic N) is 2. The van der Waals surface area contributed by atoms with Gasteiger partial charge in [0, 0.05) is 38.1 Å². The molecule has 0 aromatic heterocycles. The van der Waals surface area contributed by atoms with E-state index < -0.39 is 12.7 Å². The van der Waals surface area contributed by atoms with E-state index in [2.05, 4.69) is 17.4 Å². The van der Waals surface area contributed by atoms with Gasteiger partial charge in [0.25, 0.3) is 0 Å². The van der Waals surface area contributed by atoms with Gasteiger partial charge in [-0.15, -0.1) is 0 Å². The first-order chi connectivity index (χ1) is 11.9. The molecule has 1 heterocycles. The molecule has 3 rings (SSSR count). The summed E-state index contributed by atoms with van der Waals surface area (Å²) >= 11 is 0. The highest BCUT2D eigenvalue weighted by Gasteiger charge is 2.44.